The van der Waals surface area contributed by atoms with Crippen LogP contribution in [0.1, 0.15) is 73.1 Å². The Hall–Kier alpha value is -2.35. The number of nitrogens with two attached hydrogens (primary N) is 1. The smallest absolute Gasteiger partial charge is 0.306 e. The molecule has 6 nitrogen and oxygen atoms in total. The largest absolute Gasteiger partial charge is 0.463 e. The lowest BCUT2D eigenvalue weighted by Crippen LogP contribution is -2.21. The van der Waals surface area contributed by atoms with E-state index < -0.39 is 0 Å². The van der Waals surface area contributed by atoms with E-state index in [4.69, 9.17) is 22.7 Å². The van der Waals surface area contributed by atoms with Crippen molar-refractivity contribution in [3.8, 4) is 0 Å². The second-order valence-electron chi connectivity index (χ2n) is 6.83. The van der Waals surface area contributed by atoms with Gasteiger partial charge in [-0.05, 0) is 58.2 Å². The molecule has 0 bridgehead atoms. The summed E-state index contributed by atoms with van der Waals surface area (Å²) in [4.78, 5) is 26.4. The van der Waals surface area contributed by atoms with Crippen LogP contribution in [0, 0.1) is 5.92 Å². The molecule has 0 aromatic rings. The van der Waals surface area contributed by atoms with E-state index in [1.54, 1.807) is 32.2 Å². The van der Waals surface area contributed by atoms with Crippen LogP contribution in [-0.2, 0) is 14.3 Å². The second-order valence-corrected chi connectivity index (χ2v) is 7.30. The molecule has 0 aliphatic carbocycles. The Morgan fingerprint density at radius 2 is 1.82 bits per heavy atom. The number of unbranched alkanes of at least 4 members (excludes halogenated alkanes) is 2. The van der Waals surface area contributed by atoms with E-state index in [1.165, 1.54) is 6.08 Å². The van der Waals surface area contributed by atoms with Gasteiger partial charge in [-0.2, -0.15) is 0 Å². The van der Waals surface area contributed by atoms with Gasteiger partial charge >= 0.3 is 5.97 Å². The molecule has 1 atom stereocenters. The number of esters is 1. The number of amides is 1. The average molecular weight is 502 g/mol. The number of alkyl halides is 1. The molecule has 0 aliphatic rings. The number of hydrogen-bond acceptors (Lipinski definition) is 5. The van der Waals surface area contributed by atoms with E-state index in [-0.39, 0.29) is 30.6 Å². The number of allylic oxidation sites excluding steroid dienone is 1. The highest BCUT2D eigenvalue weighted by Crippen LogP contribution is 2.05. The van der Waals surface area contributed by atoms with Crippen LogP contribution in [0.5, 0.6) is 0 Å². The maximum atomic E-state index is 11.1. The van der Waals surface area contributed by atoms with Gasteiger partial charge in [0.2, 0.25) is 5.91 Å². The van der Waals surface area contributed by atoms with Gasteiger partial charge in [-0.1, -0.05) is 51.2 Å². The molecule has 0 aliphatic heterocycles. The molecule has 0 saturated heterocycles. The van der Waals surface area contributed by atoms with E-state index in [1.807, 2.05) is 33.9 Å². The number of hydrogen-bond donors (Lipinski definition) is 2. The molecule has 0 spiro atoms. The summed E-state index contributed by atoms with van der Waals surface area (Å²) in [5.74, 6) is -0.299. The Morgan fingerprint density at radius 1 is 1.24 bits per heavy atom. The quantitative estimate of drug-likeness (QED) is 0.0770. The molecule has 0 heterocycles. The summed E-state index contributed by atoms with van der Waals surface area (Å²) < 4.78 is 15.7. The molecular formula is C26H48FN3O3S. The molecule has 8 heteroatoms. The number of halogens is 1. The van der Waals surface area contributed by atoms with Crippen LogP contribution in [0.25, 0.3) is 0 Å². The minimum Gasteiger partial charge on any atom is -0.463 e. The molecular weight excluding hydrogens is 453 g/mol. The fourth-order valence-corrected chi connectivity index (χ4v) is 2.03. The molecule has 0 saturated carbocycles. The maximum absolute atomic E-state index is 11.1. The third-order valence-corrected chi connectivity index (χ3v) is 3.74. The van der Waals surface area contributed by atoms with Gasteiger partial charge in [0.05, 0.1) is 17.8 Å². The van der Waals surface area contributed by atoms with Crippen LogP contribution in [0.15, 0.2) is 42.5 Å². The van der Waals surface area contributed by atoms with Crippen LogP contribution in [0.2, 0.25) is 0 Å². The van der Waals surface area contributed by atoms with Crippen molar-refractivity contribution >= 4 is 35.3 Å². The number of ether oxygens (including phenoxy) is 1. The number of nitrogens with zero attached hydrogens (tertiary/aromatic N) is 1. The van der Waals surface area contributed by atoms with Crippen LogP contribution in [0.4, 0.5) is 4.39 Å². The Bertz CT molecular complexity index is 578. The summed E-state index contributed by atoms with van der Waals surface area (Å²) in [5.41, 5.74) is 5.46. The second kappa shape index (κ2) is 32.8. The Balaban J connectivity index is -0.000000216. The molecule has 1 amide bonds. The lowest BCUT2D eigenvalue weighted by molar-refractivity contribution is -0.147. The van der Waals surface area contributed by atoms with Crippen molar-refractivity contribution in [1.29, 1.82) is 0 Å². The van der Waals surface area contributed by atoms with E-state index in [0.717, 1.165) is 19.3 Å². The summed E-state index contributed by atoms with van der Waals surface area (Å²) in [7, 11) is 1.76. The van der Waals surface area contributed by atoms with E-state index in [0.29, 0.717) is 30.8 Å². The van der Waals surface area contributed by atoms with Gasteiger partial charge in [-0.3, -0.25) is 14.0 Å². The van der Waals surface area contributed by atoms with E-state index >= 15 is 0 Å². The summed E-state index contributed by atoms with van der Waals surface area (Å²) in [6, 6.07) is 0. The molecule has 0 aromatic heterocycles. The predicted octanol–water partition coefficient (Wildman–Crippen LogP) is 5.91. The van der Waals surface area contributed by atoms with Gasteiger partial charge in [0.15, 0.2) is 0 Å². The Labute approximate surface area is 213 Å². The number of carbonyl (C=O) groups is 2. The Morgan fingerprint density at radius 3 is 2.24 bits per heavy atom. The van der Waals surface area contributed by atoms with Gasteiger partial charge in [-0.25, -0.2) is 0 Å². The lowest BCUT2D eigenvalue weighted by atomic mass is 10.1. The highest BCUT2D eigenvalue weighted by Gasteiger charge is 2.04. The monoisotopic (exact) mass is 501 g/mol. The first-order valence-electron chi connectivity index (χ1n) is 11.8. The minimum absolute atomic E-state index is 0.00436. The first kappa shape index (κ1) is 38.9. The summed E-state index contributed by atoms with van der Waals surface area (Å²) in [6.07, 6.45) is 13.0. The van der Waals surface area contributed by atoms with Gasteiger partial charge in [-0.15, -0.1) is 13.2 Å². The Kier molecular flexibility index (Phi) is 37.5. The molecule has 198 valence electrons. The number of thiocarbonyl (C=S) groups is 1. The molecule has 1 unspecified atom stereocenters. The summed E-state index contributed by atoms with van der Waals surface area (Å²) >= 11 is 4.82. The average Bonchev–Trinajstić information content (AvgIpc) is 2.81. The molecule has 3 N–H and O–H groups in total. The van der Waals surface area contributed by atoms with Crippen LogP contribution < -0.4 is 11.1 Å². The fourth-order valence-electron chi connectivity index (χ4n) is 1.84. The highest BCUT2D eigenvalue weighted by atomic mass is 32.1. The van der Waals surface area contributed by atoms with Crippen LogP contribution in [-0.4, -0.2) is 49.5 Å². The zero-order valence-corrected chi connectivity index (χ0v) is 23.0. The molecule has 0 rings (SSSR count). The van der Waals surface area contributed by atoms with Crippen molar-refractivity contribution in [2.45, 2.75) is 79.2 Å². The fraction of sp³-hybridized carbons (Fsp3) is 0.615. The standard InChI is InChI=1S/C11H16N2OS.C10H19NO2.C3H7F.C2H6/c1-3-8-13-10(14)7-5-6-9(4-2)11(12)15;1-9(2)13-10(12)7-5-4-6-8-11-3;1-2-3-4;1-2/h3-5,7,9H,1-2,6,8H2,(H2,12,15)(H,13,14);8-9H,4-7H2,1-3H3;2-3H2,1H3;1-2H3/b7-5+;;;. The number of rotatable bonds is 14. The van der Waals surface area contributed by atoms with Crippen molar-refractivity contribution in [2.24, 2.45) is 16.6 Å². The maximum Gasteiger partial charge on any atom is 0.306 e. The van der Waals surface area contributed by atoms with Crippen molar-refractivity contribution in [2.75, 3.05) is 20.3 Å². The third kappa shape index (κ3) is 37.0. The van der Waals surface area contributed by atoms with Gasteiger partial charge in [0.25, 0.3) is 0 Å². The van der Waals surface area contributed by atoms with Gasteiger partial charge in [0, 0.05) is 25.9 Å². The normalized spacial score (nSPS) is 10.6. The first-order chi connectivity index (χ1) is 16.2. The van der Waals surface area contributed by atoms with Gasteiger partial charge < -0.3 is 20.8 Å². The number of carbonyl (C=O) groups excluding carboxylic acids is 2. The van der Waals surface area contributed by atoms with E-state index in [9.17, 15) is 14.0 Å². The SMILES string of the molecule is C=CCNC(=O)/C=C/CC(C=C)C(N)=S.CC.CCCF.CN=CCCCCC(=O)OC(C)C. The van der Waals surface area contributed by atoms with E-state index in [2.05, 4.69) is 23.5 Å². The van der Waals surface area contributed by atoms with Crippen molar-refractivity contribution in [1.82, 2.24) is 5.32 Å². The highest BCUT2D eigenvalue weighted by molar-refractivity contribution is 7.80. The topological polar surface area (TPSA) is 93.8 Å². The van der Waals surface area contributed by atoms with Gasteiger partial charge in [0.1, 0.15) is 0 Å². The predicted molar refractivity (Wildman–Crippen MR) is 149 cm³/mol. The first-order valence-corrected chi connectivity index (χ1v) is 12.2. The summed E-state index contributed by atoms with van der Waals surface area (Å²) in [6.45, 7) is 16.9. The zero-order valence-electron chi connectivity index (χ0n) is 22.1. The molecule has 0 fully saturated rings. The van der Waals surface area contributed by atoms with Crippen LogP contribution in [0.3, 0.4) is 0 Å². The van der Waals surface area contributed by atoms with Crippen molar-refractivity contribution < 1.29 is 18.7 Å². The van der Waals surface area contributed by atoms with Crippen LogP contribution >= 0.6 is 12.2 Å². The molecule has 34 heavy (non-hydrogen) atoms. The molecule has 0 radical (unpaired) electrons. The lowest BCUT2D eigenvalue weighted by Gasteiger charge is -2.06. The minimum atomic E-state index is -0.181. The molecule has 0 aromatic carbocycles. The third-order valence-electron chi connectivity index (χ3n) is 3.43. The van der Waals surface area contributed by atoms with Crippen molar-refractivity contribution in [3.05, 3.63) is 37.5 Å². The van der Waals surface area contributed by atoms with Crippen molar-refractivity contribution in [3.63, 3.8) is 0 Å². The number of aliphatic imine (C=N–C) groups is 1. The summed E-state index contributed by atoms with van der Waals surface area (Å²) in [5, 5.41) is 2.62. The zero-order chi connectivity index (χ0) is 27.2. The number of nitrogens with one attached hydrogen (secondary N) is 1.